The molecule has 4 N–H and O–H groups in total. The molecule has 6 nitrogen and oxygen atoms in total. The first-order chi connectivity index (χ1) is 9.10. The van der Waals surface area contributed by atoms with Crippen molar-refractivity contribution in [2.24, 2.45) is 5.84 Å². The Morgan fingerprint density at radius 2 is 2.11 bits per heavy atom. The first-order valence-electron chi connectivity index (χ1n) is 5.15. The number of nitrogen functional groups attached to an aromatic ring is 1. The number of nitrogens with zero attached hydrogens (tertiary/aromatic N) is 2. The average Bonchev–Trinajstić information content (AvgIpc) is 2.43. The van der Waals surface area contributed by atoms with Crippen molar-refractivity contribution in [3.63, 3.8) is 0 Å². The highest BCUT2D eigenvalue weighted by molar-refractivity contribution is 14.1. The summed E-state index contributed by atoms with van der Waals surface area (Å²) in [6.45, 7) is 0. The zero-order valence-corrected chi connectivity index (χ0v) is 13.3. The maximum atomic E-state index is 12.0. The number of hydrogen-bond acceptors (Lipinski definition) is 5. The van der Waals surface area contributed by atoms with Crippen molar-refractivity contribution in [1.82, 2.24) is 9.97 Å². The minimum Gasteiger partial charge on any atom is -0.320 e. The largest absolute Gasteiger partial charge is 0.320 e. The quantitative estimate of drug-likeness (QED) is 0.392. The Bertz CT molecular complexity index is 605. The van der Waals surface area contributed by atoms with Crippen LogP contribution in [0.15, 0.2) is 35.1 Å². The molecule has 1 heterocycles. The van der Waals surface area contributed by atoms with Crippen LogP contribution in [-0.2, 0) is 0 Å². The zero-order chi connectivity index (χ0) is 13.8. The monoisotopic (exact) mass is 433 g/mol. The summed E-state index contributed by atoms with van der Waals surface area (Å²) in [7, 11) is 0. The summed E-state index contributed by atoms with van der Waals surface area (Å²) in [5.74, 6) is 5.25. The van der Waals surface area contributed by atoms with Gasteiger partial charge in [-0.15, -0.1) is 0 Å². The SMILES string of the molecule is NNc1cnc(C(=O)Nc2cc(Br)ccc2I)cn1. The fourth-order valence-electron chi connectivity index (χ4n) is 1.30. The van der Waals surface area contributed by atoms with Crippen LogP contribution in [0.3, 0.4) is 0 Å². The van der Waals surface area contributed by atoms with Gasteiger partial charge in [-0.2, -0.15) is 0 Å². The molecule has 2 rings (SSSR count). The van der Waals surface area contributed by atoms with Crippen LogP contribution < -0.4 is 16.6 Å². The first-order valence-corrected chi connectivity index (χ1v) is 7.02. The molecule has 0 saturated heterocycles. The molecule has 1 aromatic carbocycles. The van der Waals surface area contributed by atoms with E-state index in [1.54, 1.807) is 0 Å². The molecule has 0 aliphatic heterocycles. The van der Waals surface area contributed by atoms with Crippen molar-refractivity contribution in [3.05, 3.63) is 44.3 Å². The van der Waals surface area contributed by atoms with Gasteiger partial charge in [0.05, 0.1) is 18.1 Å². The summed E-state index contributed by atoms with van der Waals surface area (Å²) >= 11 is 5.50. The smallest absolute Gasteiger partial charge is 0.275 e. The fourth-order valence-corrected chi connectivity index (χ4v) is 2.13. The average molecular weight is 434 g/mol. The van der Waals surface area contributed by atoms with E-state index in [0.717, 1.165) is 8.04 Å². The third-order valence-electron chi connectivity index (χ3n) is 2.21. The molecule has 0 radical (unpaired) electrons. The van der Waals surface area contributed by atoms with E-state index in [9.17, 15) is 4.79 Å². The summed E-state index contributed by atoms with van der Waals surface area (Å²) in [6, 6.07) is 5.62. The third-order valence-corrected chi connectivity index (χ3v) is 3.64. The second kappa shape index (κ2) is 6.26. The van der Waals surface area contributed by atoms with E-state index in [-0.39, 0.29) is 11.6 Å². The molecule has 0 fully saturated rings. The predicted octanol–water partition coefficient (Wildman–Crippen LogP) is 2.38. The Kier molecular flexibility index (Phi) is 4.66. The number of amides is 1. The van der Waals surface area contributed by atoms with Crippen molar-refractivity contribution in [3.8, 4) is 0 Å². The van der Waals surface area contributed by atoms with Gasteiger partial charge >= 0.3 is 0 Å². The van der Waals surface area contributed by atoms with Gasteiger partial charge in [0.15, 0.2) is 5.82 Å². The van der Waals surface area contributed by atoms with E-state index >= 15 is 0 Å². The number of hydrogen-bond donors (Lipinski definition) is 3. The lowest BCUT2D eigenvalue weighted by Gasteiger charge is -2.07. The van der Waals surface area contributed by atoms with E-state index in [1.165, 1.54) is 12.4 Å². The number of rotatable bonds is 3. The summed E-state index contributed by atoms with van der Waals surface area (Å²) in [5, 5.41) is 2.77. The topological polar surface area (TPSA) is 92.9 Å². The Labute approximate surface area is 131 Å². The summed E-state index contributed by atoms with van der Waals surface area (Å²) in [6.07, 6.45) is 2.75. The standard InChI is InChI=1S/C11H9BrIN5O/c12-6-1-2-7(13)8(3-6)17-11(19)9-4-16-10(18-14)5-15-9/h1-5H,14H2,(H,16,18)(H,17,19). The molecular weight excluding hydrogens is 425 g/mol. The van der Waals surface area contributed by atoms with Crippen LogP contribution in [0.2, 0.25) is 0 Å². The minimum absolute atomic E-state index is 0.217. The molecule has 1 aromatic heterocycles. The van der Waals surface area contributed by atoms with Crippen molar-refractivity contribution in [2.75, 3.05) is 10.7 Å². The van der Waals surface area contributed by atoms with E-state index in [1.807, 2.05) is 18.2 Å². The number of nitrogens with two attached hydrogens (primary N) is 1. The lowest BCUT2D eigenvalue weighted by Crippen LogP contribution is -2.16. The van der Waals surface area contributed by atoms with Crippen molar-refractivity contribution >= 4 is 55.9 Å². The Hall–Kier alpha value is -1.26. The highest BCUT2D eigenvalue weighted by Gasteiger charge is 2.10. The number of hydrazine groups is 1. The molecule has 0 saturated carbocycles. The zero-order valence-electron chi connectivity index (χ0n) is 9.52. The molecule has 0 unspecified atom stereocenters. The third kappa shape index (κ3) is 3.61. The highest BCUT2D eigenvalue weighted by atomic mass is 127. The van der Waals surface area contributed by atoms with Crippen LogP contribution in [0, 0.1) is 3.57 Å². The summed E-state index contributed by atoms with van der Waals surface area (Å²) in [5.41, 5.74) is 3.27. The molecule has 98 valence electrons. The maximum absolute atomic E-state index is 12.0. The molecule has 0 spiro atoms. The van der Waals surface area contributed by atoms with Crippen LogP contribution in [0.4, 0.5) is 11.5 Å². The fraction of sp³-hybridized carbons (Fsp3) is 0. The molecule has 19 heavy (non-hydrogen) atoms. The van der Waals surface area contributed by atoms with Gasteiger partial charge in [-0.25, -0.2) is 15.8 Å². The van der Waals surface area contributed by atoms with E-state index in [2.05, 4.69) is 59.2 Å². The van der Waals surface area contributed by atoms with Gasteiger partial charge in [-0.3, -0.25) is 4.79 Å². The van der Waals surface area contributed by atoms with Gasteiger partial charge in [-0.1, -0.05) is 15.9 Å². The summed E-state index contributed by atoms with van der Waals surface area (Å²) < 4.78 is 1.82. The number of halogens is 2. The lowest BCUT2D eigenvalue weighted by molar-refractivity contribution is 0.102. The molecule has 2 aromatic rings. The van der Waals surface area contributed by atoms with Crippen LogP contribution in [0.5, 0.6) is 0 Å². The van der Waals surface area contributed by atoms with Crippen LogP contribution >= 0.6 is 38.5 Å². The molecule has 8 heteroatoms. The summed E-state index contributed by atoms with van der Waals surface area (Å²) in [4.78, 5) is 19.9. The van der Waals surface area contributed by atoms with Gasteiger partial charge in [0.25, 0.3) is 5.91 Å². The van der Waals surface area contributed by atoms with Gasteiger partial charge in [0, 0.05) is 8.04 Å². The first kappa shape index (κ1) is 14.2. The number of anilines is 2. The molecule has 0 aliphatic carbocycles. The van der Waals surface area contributed by atoms with Crippen molar-refractivity contribution in [2.45, 2.75) is 0 Å². The second-order valence-corrected chi connectivity index (χ2v) is 5.59. The second-order valence-electron chi connectivity index (χ2n) is 3.51. The van der Waals surface area contributed by atoms with Gasteiger partial charge < -0.3 is 10.7 Å². The van der Waals surface area contributed by atoms with E-state index in [4.69, 9.17) is 5.84 Å². The number of benzene rings is 1. The van der Waals surface area contributed by atoms with Gasteiger partial charge in [0.1, 0.15) is 5.69 Å². The highest BCUT2D eigenvalue weighted by Crippen LogP contribution is 2.23. The lowest BCUT2D eigenvalue weighted by atomic mass is 10.3. The number of aromatic nitrogens is 2. The van der Waals surface area contributed by atoms with Crippen LogP contribution in [0.25, 0.3) is 0 Å². The molecule has 0 bridgehead atoms. The Morgan fingerprint density at radius 3 is 2.74 bits per heavy atom. The molecule has 0 aliphatic rings. The Morgan fingerprint density at radius 1 is 1.32 bits per heavy atom. The number of carbonyl (C=O) groups is 1. The normalized spacial score (nSPS) is 10.1. The molecule has 1 amide bonds. The van der Waals surface area contributed by atoms with Gasteiger partial charge in [0.2, 0.25) is 0 Å². The van der Waals surface area contributed by atoms with Crippen LogP contribution in [0.1, 0.15) is 10.5 Å². The predicted molar refractivity (Wildman–Crippen MR) is 84.7 cm³/mol. The maximum Gasteiger partial charge on any atom is 0.275 e. The van der Waals surface area contributed by atoms with Crippen molar-refractivity contribution < 1.29 is 4.79 Å². The minimum atomic E-state index is -0.327. The van der Waals surface area contributed by atoms with Crippen LogP contribution in [-0.4, -0.2) is 15.9 Å². The number of carbonyl (C=O) groups excluding carboxylic acids is 1. The van der Waals surface area contributed by atoms with E-state index < -0.39 is 0 Å². The van der Waals surface area contributed by atoms with Crippen molar-refractivity contribution in [1.29, 1.82) is 0 Å². The molecule has 0 atom stereocenters. The Balaban J connectivity index is 2.18. The van der Waals surface area contributed by atoms with Gasteiger partial charge in [-0.05, 0) is 40.8 Å². The van der Waals surface area contributed by atoms with E-state index in [0.29, 0.717) is 11.5 Å². The number of nitrogens with one attached hydrogen (secondary N) is 2. The molecular formula is C11H9BrIN5O.